The molecule has 1 heterocycles. The van der Waals surface area contributed by atoms with Crippen LogP contribution in [0.15, 0.2) is 0 Å². The highest BCUT2D eigenvalue weighted by molar-refractivity contribution is 5.76. The number of carboxylic acids is 1. The molecule has 5 heteroatoms. The summed E-state index contributed by atoms with van der Waals surface area (Å²) in [6.45, 7) is 10.3. The molecule has 1 aliphatic rings. The minimum Gasteiger partial charge on any atom is -0.481 e. The Bertz CT molecular complexity index is 366. The number of carbonyl (C=O) groups excluding carboxylic acids is 1. The van der Waals surface area contributed by atoms with E-state index in [1.54, 1.807) is 0 Å². The number of amides is 2. The van der Waals surface area contributed by atoms with Gasteiger partial charge in [-0.25, -0.2) is 4.79 Å². The Morgan fingerprint density at radius 2 is 1.76 bits per heavy atom. The maximum atomic E-state index is 12.5. The number of carbonyl (C=O) groups is 2. The van der Waals surface area contributed by atoms with E-state index >= 15 is 0 Å². The van der Waals surface area contributed by atoms with Crippen molar-refractivity contribution in [3.63, 3.8) is 0 Å². The normalized spacial score (nSPS) is 24.5. The Hall–Kier alpha value is -1.26. The van der Waals surface area contributed by atoms with Crippen molar-refractivity contribution in [2.24, 2.45) is 5.41 Å². The number of hydrogen-bond acceptors (Lipinski definition) is 2. The molecule has 1 aliphatic heterocycles. The molecule has 0 radical (unpaired) electrons. The van der Waals surface area contributed by atoms with Crippen molar-refractivity contribution in [1.29, 1.82) is 0 Å². The van der Waals surface area contributed by atoms with E-state index in [0.717, 1.165) is 19.3 Å². The van der Waals surface area contributed by atoms with Crippen LogP contribution >= 0.6 is 0 Å². The predicted octanol–water partition coefficient (Wildman–Crippen LogP) is 3.24. The fourth-order valence-corrected chi connectivity index (χ4v) is 3.19. The molecule has 1 unspecified atom stereocenters. The molecule has 122 valence electrons. The SMILES string of the molecule is C[C@@H]1CCC[C@H](C)N1C(=O)NC(CC(=O)O)CC(C)(C)C. The van der Waals surface area contributed by atoms with Gasteiger partial charge >= 0.3 is 12.0 Å². The van der Waals surface area contributed by atoms with Crippen molar-refractivity contribution in [3.8, 4) is 0 Å². The van der Waals surface area contributed by atoms with E-state index in [-0.39, 0.29) is 36.0 Å². The van der Waals surface area contributed by atoms with E-state index in [1.807, 2.05) is 4.90 Å². The molecule has 21 heavy (non-hydrogen) atoms. The molecule has 5 nitrogen and oxygen atoms in total. The molecule has 0 aliphatic carbocycles. The molecule has 1 rings (SSSR count). The van der Waals surface area contributed by atoms with E-state index in [2.05, 4.69) is 39.9 Å². The van der Waals surface area contributed by atoms with Gasteiger partial charge in [0.05, 0.1) is 6.42 Å². The summed E-state index contributed by atoms with van der Waals surface area (Å²) >= 11 is 0. The fraction of sp³-hybridized carbons (Fsp3) is 0.875. The van der Waals surface area contributed by atoms with Crippen LogP contribution in [0.3, 0.4) is 0 Å². The van der Waals surface area contributed by atoms with Gasteiger partial charge in [-0.2, -0.15) is 0 Å². The molecule has 2 N–H and O–H groups in total. The third kappa shape index (κ3) is 5.94. The molecular weight excluding hydrogens is 268 g/mol. The Kier molecular flexibility index (Phi) is 6.05. The summed E-state index contributed by atoms with van der Waals surface area (Å²) in [4.78, 5) is 25.4. The summed E-state index contributed by atoms with van der Waals surface area (Å²) in [5.41, 5.74) is -0.0213. The van der Waals surface area contributed by atoms with E-state index < -0.39 is 5.97 Å². The average molecular weight is 298 g/mol. The number of urea groups is 1. The second-order valence-electron chi connectivity index (χ2n) is 7.55. The molecule has 1 fully saturated rings. The number of piperidine rings is 1. The standard InChI is InChI=1S/C16H30N2O3/c1-11-7-6-8-12(2)18(11)15(21)17-13(9-14(19)20)10-16(3,4)5/h11-13H,6-10H2,1-5H3,(H,17,21)(H,19,20)/t11-,12+,13?. The number of likely N-dealkylation sites (tertiary alicyclic amines) is 1. The summed E-state index contributed by atoms with van der Waals surface area (Å²) in [6.07, 6.45) is 3.80. The second kappa shape index (κ2) is 7.14. The Balaban J connectivity index is 2.72. The van der Waals surface area contributed by atoms with Crippen molar-refractivity contribution >= 4 is 12.0 Å². The van der Waals surface area contributed by atoms with Crippen molar-refractivity contribution in [3.05, 3.63) is 0 Å². The van der Waals surface area contributed by atoms with Crippen LogP contribution < -0.4 is 5.32 Å². The smallest absolute Gasteiger partial charge is 0.318 e. The van der Waals surface area contributed by atoms with Gasteiger partial charge < -0.3 is 15.3 Å². The number of rotatable bonds is 4. The van der Waals surface area contributed by atoms with Crippen molar-refractivity contribution in [2.75, 3.05) is 0 Å². The molecule has 0 saturated carbocycles. The maximum absolute atomic E-state index is 12.5. The van der Waals surface area contributed by atoms with Crippen LogP contribution in [0.25, 0.3) is 0 Å². The first-order valence-electron chi connectivity index (χ1n) is 7.91. The lowest BCUT2D eigenvalue weighted by molar-refractivity contribution is -0.137. The third-order valence-electron chi connectivity index (χ3n) is 4.04. The Morgan fingerprint density at radius 3 is 2.19 bits per heavy atom. The van der Waals surface area contributed by atoms with Gasteiger partial charge in [0.25, 0.3) is 0 Å². The summed E-state index contributed by atoms with van der Waals surface area (Å²) < 4.78 is 0. The van der Waals surface area contributed by atoms with Crippen LogP contribution in [0.2, 0.25) is 0 Å². The van der Waals surface area contributed by atoms with Gasteiger partial charge in [-0.1, -0.05) is 20.8 Å². The highest BCUT2D eigenvalue weighted by Gasteiger charge is 2.31. The van der Waals surface area contributed by atoms with E-state index in [4.69, 9.17) is 5.11 Å². The van der Waals surface area contributed by atoms with Crippen LogP contribution in [-0.4, -0.2) is 40.1 Å². The topological polar surface area (TPSA) is 69.6 Å². The first-order chi connectivity index (χ1) is 9.60. The third-order valence-corrected chi connectivity index (χ3v) is 4.04. The Morgan fingerprint density at radius 1 is 1.24 bits per heavy atom. The zero-order valence-corrected chi connectivity index (χ0v) is 14.0. The average Bonchev–Trinajstić information content (AvgIpc) is 2.24. The molecule has 0 aromatic heterocycles. The summed E-state index contributed by atoms with van der Waals surface area (Å²) in [5.74, 6) is -0.871. The quantitative estimate of drug-likeness (QED) is 0.837. The number of aliphatic carboxylic acids is 1. The lowest BCUT2D eigenvalue weighted by atomic mass is 9.87. The summed E-state index contributed by atoms with van der Waals surface area (Å²) in [7, 11) is 0. The molecule has 2 amide bonds. The fourth-order valence-electron chi connectivity index (χ4n) is 3.19. The number of hydrogen-bond donors (Lipinski definition) is 2. The largest absolute Gasteiger partial charge is 0.481 e. The number of nitrogens with one attached hydrogen (secondary N) is 1. The maximum Gasteiger partial charge on any atom is 0.318 e. The second-order valence-corrected chi connectivity index (χ2v) is 7.55. The molecule has 0 aromatic carbocycles. The molecule has 0 bridgehead atoms. The molecule has 0 spiro atoms. The molecule has 3 atom stereocenters. The minimum atomic E-state index is -0.871. The van der Waals surface area contributed by atoms with Crippen LogP contribution in [-0.2, 0) is 4.79 Å². The molecular formula is C16H30N2O3. The van der Waals surface area contributed by atoms with Crippen LogP contribution in [0.5, 0.6) is 0 Å². The predicted molar refractivity (Wildman–Crippen MR) is 83.3 cm³/mol. The van der Waals surface area contributed by atoms with E-state index in [1.165, 1.54) is 0 Å². The lowest BCUT2D eigenvalue weighted by Crippen LogP contribution is -2.54. The molecule has 0 aromatic rings. The monoisotopic (exact) mass is 298 g/mol. The van der Waals surface area contributed by atoms with Crippen molar-refractivity contribution in [1.82, 2.24) is 10.2 Å². The van der Waals surface area contributed by atoms with E-state index in [0.29, 0.717) is 6.42 Å². The van der Waals surface area contributed by atoms with Gasteiger partial charge in [0.1, 0.15) is 0 Å². The van der Waals surface area contributed by atoms with Crippen LogP contribution in [0.4, 0.5) is 4.79 Å². The molecule has 1 saturated heterocycles. The highest BCUT2D eigenvalue weighted by atomic mass is 16.4. The first kappa shape index (κ1) is 17.8. The number of nitrogens with zero attached hydrogens (tertiary/aromatic N) is 1. The van der Waals surface area contributed by atoms with Crippen molar-refractivity contribution < 1.29 is 14.7 Å². The van der Waals surface area contributed by atoms with Crippen LogP contribution in [0.1, 0.15) is 66.7 Å². The number of carboxylic acid groups (broad SMARTS) is 1. The van der Waals surface area contributed by atoms with Gasteiger partial charge in [-0.15, -0.1) is 0 Å². The van der Waals surface area contributed by atoms with Gasteiger partial charge in [0.15, 0.2) is 0 Å². The highest BCUT2D eigenvalue weighted by Crippen LogP contribution is 2.25. The first-order valence-corrected chi connectivity index (χ1v) is 7.91. The summed E-state index contributed by atoms with van der Waals surface area (Å²) in [5, 5.41) is 12.0. The Labute approximate surface area is 128 Å². The summed E-state index contributed by atoms with van der Waals surface area (Å²) in [6, 6.07) is -0.00995. The zero-order chi connectivity index (χ0) is 16.2. The van der Waals surface area contributed by atoms with Gasteiger partial charge in [0.2, 0.25) is 0 Å². The minimum absolute atomic E-state index is 0.0213. The lowest BCUT2D eigenvalue weighted by Gasteiger charge is -2.40. The van der Waals surface area contributed by atoms with Crippen LogP contribution in [0, 0.1) is 5.41 Å². The zero-order valence-electron chi connectivity index (χ0n) is 14.0. The van der Waals surface area contributed by atoms with Crippen molar-refractivity contribution in [2.45, 2.75) is 84.8 Å². The van der Waals surface area contributed by atoms with Gasteiger partial charge in [-0.05, 0) is 44.9 Å². The van der Waals surface area contributed by atoms with Gasteiger partial charge in [-0.3, -0.25) is 4.79 Å². The van der Waals surface area contributed by atoms with Gasteiger partial charge in [0, 0.05) is 18.1 Å². The van der Waals surface area contributed by atoms with E-state index in [9.17, 15) is 9.59 Å².